The third-order valence-corrected chi connectivity index (χ3v) is 10.8. The van der Waals surface area contributed by atoms with Gasteiger partial charge in [-0.1, -0.05) is 29.5 Å². The number of unbranched alkanes of at least 4 members (excludes halogenated alkanes) is 1. The zero-order valence-electron chi connectivity index (χ0n) is 29.8. The number of rotatable bonds is 15. The van der Waals surface area contributed by atoms with E-state index in [1.165, 1.54) is 4.90 Å². The number of benzene rings is 2. The molecule has 1 fully saturated rings. The minimum absolute atomic E-state index is 0.144. The summed E-state index contributed by atoms with van der Waals surface area (Å²) in [4.78, 5) is 54.3. The molecule has 2 N–H and O–H groups in total. The Balaban J connectivity index is 1.03. The molecule has 52 heavy (non-hydrogen) atoms. The lowest BCUT2D eigenvalue weighted by molar-refractivity contribution is -0.131. The normalized spacial score (nSPS) is 14.1. The maximum Gasteiger partial charge on any atom is 0.414 e. The monoisotopic (exact) mass is 741 g/mol. The number of aryl methyl sites for hydroxylation is 1. The Morgan fingerprint density at radius 3 is 2.73 bits per heavy atom. The van der Waals surface area contributed by atoms with Gasteiger partial charge in [0.2, 0.25) is 12.3 Å². The molecule has 14 heteroatoms. The first kappa shape index (κ1) is 36.7. The van der Waals surface area contributed by atoms with Gasteiger partial charge in [-0.3, -0.25) is 19.5 Å². The van der Waals surface area contributed by atoms with Crippen LogP contribution in [-0.2, 0) is 20.9 Å². The van der Waals surface area contributed by atoms with Crippen molar-refractivity contribution < 1.29 is 23.9 Å². The van der Waals surface area contributed by atoms with Crippen LogP contribution in [0.25, 0.3) is 31.8 Å². The maximum absolute atomic E-state index is 12.9. The van der Waals surface area contributed by atoms with E-state index in [-0.39, 0.29) is 12.0 Å². The van der Waals surface area contributed by atoms with Gasteiger partial charge in [-0.15, -0.1) is 11.3 Å². The summed E-state index contributed by atoms with van der Waals surface area (Å²) in [6.07, 6.45) is 6.73. The molecule has 0 aliphatic carbocycles. The number of hydrogen-bond acceptors (Lipinski definition) is 11. The molecule has 1 atom stereocenters. The van der Waals surface area contributed by atoms with Crippen molar-refractivity contribution in [1.29, 1.82) is 0 Å². The zero-order chi connectivity index (χ0) is 36.6. The molecule has 1 unspecified atom stereocenters. The van der Waals surface area contributed by atoms with Gasteiger partial charge in [-0.2, -0.15) is 0 Å². The number of nitrogens with zero attached hydrogens (tertiary/aromatic N) is 5. The highest BCUT2D eigenvalue weighted by atomic mass is 32.1. The number of likely N-dealkylation sites (tertiary alicyclic amines) is 1. The Bertz CT molecular complexity index is 2030. The van der Waals surface area contributed by atoms with Gasteiger partial charge < -0.3 is 25.0 Å². The molecule has 12 nitrogen and oxygen atoms in total. The third kappa shape index (κ3) is 8.86. The van der Waals surface area contributed by atoms with E-state index in [0.29, 0.717) is 31.8 Å². The second-order valence-electron chi connectivity index (χ2n) is 12.9. The molecule has 3 aromatic heterocycles. The molecule has 0 spiro atoms. The van der Waals surface area contributed by atoms with Crippen LogP contribution < -0.4 is 20.3 Å². The lowest BCUT2D eigenvalue weighted by Crippen LogP contribution is -2.42. The summed E-state index contributed by atoms with van der Waals surface area (Å²) in [7, 11) is 1.67. The second-order valence-corrected chi connectivity index (χ2v) is 14.8. The number of pyridine rings is 1. The van der Waals surface area contributed by atoms with Crippen molar-refractivity contribution in [2.24, 2.45) is 0 Å². The molecular weight excluding hydrogens is 699 g/mol. The fourth-order valence-electron chi connectivity index (χ4n) is 5.99. The Morgan fingerprint density at radius 2 is 1.94 bits per heavy atom. The molecule has 6 rings (SSSR count). The van der Waals surface area contributed by atoms with Crippen molar-refractivity contribution >= 4 is 62.1 Å². The summed E-state index contributed by atoms with van der Waals surface area (Å²) in [6, 6.07) is 13.6. The van der Waals surface area contributed by atoms with Crippen LogP contribution in [0, 0.1) is 6.92 Å². The Labute approximate surface area is 311 Å². The Hall–Kier alpha value is -5.08. The second kappa shape index (κ2) is 17.0. The van der Waals surface area contributed by atoms with Gasteiger partial charge in [-0.05, 0) is 81.8 Å². The van der Waals surface area contributed by atoms with E-state index < -0.39 is 12.1 Å². The Kier molecular flexibility index (Phi) is 12.0. The van der Waals surface area contributed by atoms with E-state index in [4.69, 9.17) is 14.5 Å². The average molecular weight is 742 g/mol. The van der Waals surface area contributed by atoms with E-state index in [1.807, 2.05) is 62.7 Å². The number of anilines is 2. The summed E-state index contributed by atoms with van der Waals surface area (Å²) >= 11 is 3.18. The van der Waals surface area contributed by atoms with Gasteiger partial charge in [0.15, 0.2) is 5.13 Å². The number of aromatic nitrogens is 3. The molecule has 1 aliphatic rings. The lowest BCUT2D eigenvalue weighted by atomic mass is 10.1. The number of thiazole rings is 2. The third-order valence-electron chi connectivity index (χ3n) is 8.81. The molecule has 4 heterocycles. The van der Waals surface area contributed by atoms with Crippen molar-refractivity contribution in [3.05, 3.63) is 71.6 Å². The molecule has 0 bridgehead atoms. The highest BCUT2D eigenvalue weighted by Gasteiger charge is 2.29. The molecule has 5 aromatic rings. The van der Waals surface area contributed by atoms with Gasteiger partial charge in [0.05, 0.1) is 50.9 Å². The number of fused-ring (bicyclic) bond motifs is 1. The number of carbonyl (C=O) groups excluding carboxylic acids is 3. The van der Waals surface area contributed by atoms with Gasteiger partial charge in [-0.25, -0.2) is 14.8 Å². The molecule has 2 aromatic carbocycles. The van der Waals surface area contributed by atoms with Crippen LogP contribution in [0.5, 0.6) is 5.75 Å². The van der Waals surface area contributed by atoms with Gasteiger partial charge in [0.1, 0.15) is 11.8 Å². The van der Waals surface area contributed by atoms with Crippen LogP contribution in [-0.4, -0.2) is 77.2 Å². The van der Waals surface area contributed by atoms with E-state index >= 15 is 0 Å². The van der Waals surface area contributed by atoms with E-state index in [0.717, 1.165) is 86.1 Å². The molecule has 3 amide bonds. The molecule has 1 saturated heterocycles. The van der Waals surface area contributed by atoms with Crippen molar-refractivity contribution in [3.63, 3.8) is 0 Å². The Morgan fingerprint density at radius 1 is 1.10 bits per heavy atom. The van der Waals surface area contributed by atoms with Crippen LogP contribution in [0.1, 0.15) is 50.8 Å². The molecule has 1 aliphatic heterocycles. The fourth-order valence-corrected chi connectivity index (χ4v) is 7.72. The standard InChI is InChI=1S/C38H43N7O5S2/c1-24(2)50-38(48)44(4)30-16-29(19-39-21-30)26-11-12-31-34(18-26)52-37(43-31)40-13-5-6-15-49-33-17-27(35-25(3)42-22-51-35)9-10-28(33)20-41-36(47)32-8-7-14-45(32)23-46/h9-12,16-19,21-24,32H,5-8,13-15,20H2,1-4H3,(H,40,43)(H,41,47). The number of amides is 3. The first-order valence-electron chi connectivity index (χ1n) is 17.4. The van der Waals surface area contributed by atoms with Crippen molar-refractivity contribution in [2.45, 2.75) is 65.1 Å². The topological polar surface area (TPSA) is 139 Å². The minimum Gasteiger partial charge on any atom is -0.493 e. The van der Waals surface area contributed by atoms with E-state index in [2.05, 4.69) is 26.7 Å². The SMILES string of the molecule is Cc1ncsc1-c1ccc(CNC(=O)C2CCCN2C=O)c(OCCCCNc2nc3ccc(-c4cncc(N(C)C(=O)OC(C)C)c4)cc3s2)c1. The van der Waals surface area contributed by atoms with Crippen molar-refractivity contribution in [3.8, 4) is 27.3 Å². The largest absolute Gasteiger partial charge is 0.493 e. The first-order valence-corrected chi connectivity index (χ1v) is 19.1. The maximum atomic E-state index is 12.9. The van der Waals surface area contributed by atoms with Crippen LogP contribution in [0.15, 0.2) is 60.4 Å². The van der Waals surface area contributed by atoms with Crippen LogP contribution in [0.3, 0.4) is 0 Å². The predicted octanol–water partition coefficient (Wildman–Crippen LogP) is 7.28. The average Bonchev–Trinajstić information content (AvgIpc) is 3.91. The molecule has 0 saturated carbocycles. The van der Waals surface area contributed by atoms with Gasteiger partial charge in [0, 0.05) is 44.0 Å². The predicted molar refractivity (Wildman–Crippen MR) is 206 cm³/mol. The first-order chi connectivity index (χ1) is 25.2. The smallest absolute Gasteiger partial charge is 0.414 e. The zero-order valence-corrected chi connectivity index (χ0v) is 31.4. The van der Waals surface area contributed by atoms with Gasteiger partial charge >= 0.3 is 6.09 Å². The van der Waals surface area contributed by atoms with Crippen LogP contribution in [0.4, 0.5) is 15.6 Å². The van der Waals surface area contributed by atoms with Crippen molar-refractivity contribution in [2.75, 3.05) is 37.0 Å². The van der Waals surface area contributed by atoms with Crippen LogP contribution >= 0.6 is 22.7 Å². The highest BCUT2D eigenvalue weighted by Crippen LogP contribution is 2.33. The van der Waals surface area contributed by atoms with E-state index in [9.17, 15) is 14.4 Å². The van der Waals surface area contributed by atoms with Crippen LogP contribution in [0.2, 0.25) is 0 Å². The van der Waals surface area contributed by atoms with Gasteiger partial charge in [0.25, 0.3) is 0 Å². The summed E-state index contributed by atoms with van der Waals surface area (Å²) < 4.78 is 12.7. The number of nitrogens with one attached hydrogen (secondary N) is 2. The highest BCUT2D eigenvalue weighted by molar-refractivity contribution is 7.22. The fraction of sp³-hybridized carbons (Fsp3) is 0.368. The molecular formula is C38H43N7O5S2. The minimum atomic E-state index is -0.427. The molecule has 0 radical (unpaired) electrons. The quantitative estimate of drug-likeness (QED) is 0.0838. The molecule has 272 valence electrons. The lowest BCUT2D eigenvalue weighted by Gasteiger charge is -2.20. The number of carbonyl (C=O) groups is 3. The van der Waals surface area contributed by atoms with E-state index in [1.54, 1.807) is 47.0 Å². The number of ether oxygens (including phenoxy) is 2. The number of hydrogen-bond donors (Lipinski definition) is 2. The summed E-state index contributed by atoms with van der Waals surface area (Å²) in [5.74, 6) is 0.581. The van der Waals surface area contributed by atoms with Crippen molar-refractivity contribution in [1.82, 2.24) is 25.2 Å². The summed E-state index contributed by atoms with van der Waals surface area (Å²) in [5, 5.41) is 7.31. The summed E-state index contributed by atoms with van der Waals surface area (Å²) in [5.41, 5.74) is 8.13. The summed E-state index contributed by atoms with van der Waals surface area (Å²) in [6.45, 7) is 7.79.